The second kappa shape index (κ2) is 6.62. The SMILES string of the molecule is NCC1CCCCN1S(=O)(=O)Nc1ccc(Cl)cc1Br. The Balaban J connectivity index is 2.21. The molecule has 2 rings (SSSR count). The van der Waals surface area contributed by atoms with Crippen LogP contribution in [0.25, 0.3) is 0 Å². The minimum atomic E-state index is -3.60. The van der Waals surface area contributed by atoms with Crippen LogP contribution in [0.4, 0.5) is 5.69 Å². The van der Waals surface area contributed by atoms with Gasteiger partial charge in [0.05, 0.1) is 5.69 Å². The summed E-state index contributed by atoms with van der Waals surface area (Å²) in [5, 5.41) is 0.539. The number of hydrogen-bond donors (Lipinski definition) is 2. The minimum Gasteiger partial charge on any atom is -0.329 e. The fourth-order valence-electron chi connectivity index (χ4n) is 2.30. The van der Waals surface area contributed by atoms with Crippen LogP contribution in [0.15, 0.2) is 22.7 Å². The van der Waals surface area contributed by atoms with Crippen LogP contribution >= 0.6 is 27.5 Å². The molecule has 0 amide bonds. The first kappa shape index (κ1) is 16.0. The molecule has 5 nitrogen and oxygen atoms in total. The normalized spacial score (nSPS) is 20.9. The molecule has 0 aromatic heterocycles. The van der Waals surface area contributed by atoms with E-state index in [9.17, 15) is 8.42 Å². The molecule has 1 unspecified atom stereocenters. The first-order valence-electron chi connectivity index (χ1n) is 6.39. The van der Waals surface area contributed by atoms with Crippen LogP contribution in [0.2, 0.25) is 5.02 Å². The van der Waals surface area contributed by atoms with E-state index >= 15 is 0 Å². The molecule has 1 fully saturated rings. The van der Waals surface area contributed by atoms with Crippen molar-refractivity contribution in [2.45, 2.75) is 25.3 Å². The summed E-state index contributed by atoms with van der Waals surface area (Å²) in [6.07, 6.45) is 2.68. The summed E-state index contributed by atoms with van der Waals surface area (Å²) < 4.78 is 29.6. The average Bonchev–Trinajstić information content (AvgIpc) is 2.42. The number of nitrogens with two attached hydrogens (primary N) is 1. The maximum absolute atomic E-state index is 12.5. The van der Waals surface area contributed by atoms with E-state index in [1.54, 1.807) is 18.2 Å². The van der Waals surface area contributed by atoms with E-state index in [2.05, 4.69) is 20.7 Å². The van der Waals surface area contributed by atoms with Crippen molar-refractivity contribution in [2.75, 3.05) is 17.8 Å². The molecule has 1 atom stereocenters. The van der Waals surface area contributed by atoms with Gasteiger partial charge in [-0.25, -0.2) is 0 Å². The van der Waals surface area contributed by atoms with E-state index in [0.717, 1.165) is 19.3 Å². The highest BCUT2D eigenvalue weighted by Crippen LogP contribution is 2.28. The molecule has 20 heavy (non-hydrogen) atoms. The van der Waals surface area contributed by atoms with Crippen molar-refractivity contribution in [3.05, 3.63) is 27.7 Å². The van der Waals surface area contributed by atoms with Crippen LogP contribution in [0.3, 0.4) is 0 Å². The largest absolute Gasteiger partial charge is 0.329 e. The van der Waals surface area contributed by atoms with Gasteiger partial charge >= 0.3 is 10.2 Å². The Labute approximate surface area is 132 Å². The van der Waals surface area contributed by atoms with Crippen LogP contribution in [0, 0.1) is 0 Å². The lowest BCUT2D eigenvalue weighted by Gasteiger charge is -2.34. The summed E-state index contributed by atoms with van der Waals surface area (Å²) in [6.45, 7) is 0.838. The molecule has 1 aromatic rings. The topological polar surface area (TPSA) is 75.4 Å². The Morgan fingerprint density at radius 1 is 1.45 bits per heavy atom. The van der Waals surface area contributed by atoms with Crippen molar-refractivity contribution >= 4 is 43.4 Å². The first-order chi connectivity index (χ1) is 9.44. The van der Waals surface area contributed by atoms with Gasteiger partial charge in [0.15, 0.2) is 0 Å². The number of piperidine rings is 1. The van der Waals surface area contributed by atoms with Gasteiger partial charge in [-0.05, 0) is 47.0 Å². The number of nitrogens with one attached hydrogen (secondary N) is 1. The van der Waals surface area contributed by atoms with Crippen molar-refractivity contribution in [3.63, 3.8) is 0 Å². The van der Waals surface area contributed by atoms with Gasteiger partial charge in [-0.1, -0.05) is 18.0 Å². The Morgan fingerprint density at radius 3 is 2.85 bits per heavy atom. The second-order valence-electron chi connectivity index (χ2n) is 4.73. The van der Waals surface area contributed by atoms with Crippen molar-refractivity contribution in [1.82, 2.24) is 4.31 Å². The lowest BCUT2D eigenvalue weighted by molar-refractivity contribution is 0.259. The molecule has 3 N–H and O–H groups in total. The van der Waals surface area contributed by atoms with Gasteiger partial charge in [0.2, 0.25) is 0 Å². The predicted molar refractivity (Wildman–Crippen MR) is 85.1 cm³/mol. The number of anilines is 1. The number of nitrogens with zero attached hydrogens (tertiary/aromatic N) is 1. The molecule has 0 aliphatic carbocycles. The zero-order valence-electron chi connectivity index (χ0n) is 10.9. The first-order valence-corrected chi connectivity index (χ1v) is 9.00. The average molecular weight is 383 g/mol. The number of hydrogen-bond acceptors (Lipinski definition) is 3. The zero-order chi connectivity index (χ0) is 14.8. The quantitative estimate of drug-likeness (QED) is 0.840. The van der Waals surface area contributed by atoms with Gasteiger partial charge in [-0.3, -0.25) is 4.72 Å². The molecule has 1 heterocycles. The van der Waals surface area contributed by atoms with Gasteiger partial charge in [0, 0.05) is 28.6 Å². The van der Waals surface area contributed by atoms with Gasteiger partial charge in [0.1, 0.15) is 0 Å². The molecule has 112 valence electrons. The van der Waals surface area contributed by atoms with Crippen LogP contribution in [-0.2, 0) is 10.2 Å². The van der Waals surface area contributed by atoms with E-state index in [0.29, 0.717) is 28.3 Å². The molecule has 1 aromatic carbocycles. The minimum absolute atomic E-state index is 0.132. The Bertz CT molecular complexity index is 582. The molecular formula is C12H17BrClN3O2S. The maximum Gasteiger partial charge on any atom is 0.301 e. The van der Waals surface area contributed by atoms with Crippen LogP contribution in [-0.4, -0.2) is 31.9 Å². The highest BCUT2D eigenvalue weighted by molar-refractivity contribution is 9.10. The van der Waals surface area contributed by atoms with Gasteiger partial charge < -0.3 is 5.73 Å². The summed E-state index contributed by atoms with van der Waals surface area (Å²) in [5.74, 6) is 0. The number of halogens is 2. The fraction of sp³-hybridized carbons (Fsp3) is 0.500. The molecule has 1 saturated heterocycles. The third-order valence-corrected chi connectivity index (χ3v) is 5.79. The smallest absolute Gasteiger partial charge is 0.301 e. The van der Waals surface area contributed by atoms with Gasteiger partial charge in [0.25, 0.3) is 0 Å². The lowest BCUT2D eigenvalue weighted by atomic mass is 10.1. The standard InChI is InChI=1S/C12H17BrClN3O2S/c13-11-7-9(14)4-5-12(11)16-20(18,19)17-6-2-1-3-10(17)8-15/h4-5,7,10,16H,1-3,6,8,15H2. The molecule has 1 aliphatic heterocycles. The summed E-state index contributed by atoms with van der Waals surface area (Å²) in [6, 6.07) is 4.79. The highest BCUT2D eigenvalue weighted by Gasteiger charge is 2.31. The summed E-state index contributed by atoms with van der Waals surface area (Å²) in [5.41, 5.74) is 6.14. The van der Waals surface area contributed by atoms with Crippen molar-refractivity contribution < 1.29 is 8.42 Å². The fourth-order valence-corrected chi connectivity index (χ4v) is 4.74. The van der Waals surface area contributed by atoms with E-state index < -0.39 is 10.2 Å². The Kier molecular flexibility index (Phi) is 5.30. The molecule has 1 aliphatic rings. The molecule has 0 saturated carbocycles. The Hall–Kier alpha value is -0.340. The van der Waals surface area contributed by atoms with Gasteiger partial charge in [-0.2, -0.15) is 12.7 Å². The van der Waals surface area contributed by atoms with Crippen LogP contribution in [0.1, 0.15) is 19.3 Å². The van der Waals surface area contributed by atoms with Crippen LogP contribution in [0.5, 0.6) is 0 Å². The molecule has 8 heteroatoms. The summed E-state index contributed by atoms with van der Waals surface area (Å²) in [7, 11) is -3.60. The number of benzene rings is 1. The second-order valence-corrected chi connectivity index (χ2v) is 7.64. The van der Waals surface area contributed by atoms with Gasteiger partial charge in [-0.15, -0.1) is 0 Å². The summed E-state index contributed by atoms with van der Waals surface area (Å²) >= 11 is 9.15. The molecular weight excluding hydrogens is 366 g/mol. The van der Waals surface area contributed by atoms with E-state index in [4.69, 9.17) is 17.3 Å². The third-order valence-electron chi connectivity index (χ3n) is 3.32. The van der Waals surface area contributed by atoms with Crippen molar-refractivity contribution in [1.29, 1.82) is 0 Å². The highest BCUT2D eigenvalue weighted by atomic mass is 79.9. The maximum atomic E-state index is 12.5. The molecule has 0 bridgehead atoms. The third kappa shape index (κ3) is 3.65. The molecule has 0 radical (unpaired) electrons. The predicted octanol–water partition coefficient (Wildman–Crippen LogP) is 2.57. The summed E-state index contributed by atoms with van der Waals surface area (Å²) in [4.78, 5) is 0. The zero-order valence-corrected chi connectivity index (χ0v) is 14.0. The Morgan fingerprint density at radius 2 is 2.20 bits per heavy atom. The van der Waals surface area contributed by atoms with E-state index in [1.807, 2.05) is 0 Å². The van der Waals surface area contributed by atoms with Crippen LogP contribution < -0.4 is 10.5 Å². The number of rotatable bonds is 4. The van der Waals surface area contributed by atoms with Crippen molar-refractivity contribution in [2.24, 2.45) is 5.73 Å². The van der Waals surface area contributed by atoms with E-state index in [1.165, 1.54) is 4.31 Å². The van der Waals surface area contributed by atoms with E-state index in [-0.39, 0.29) is 6.04 Å². The molecule has 0 spiro atoms. The van der Waals surface area contributed by atoms with Crippen molar-refractivity contribution in [3.8, 4) is 0 Å². The lowest BCUT2D eigenvalue weighted by Crippen LogP contribution is -2.49. The monoisotopic (exact) mass is 381 g/mol.